The molecule has 0 aliphatic heterocycles. The van der Waals surface area contributed by atoms with E-state index in [2.05, 4.69) is 160 Å². The summed E-state index contributed by atoms with van der Waals surface area (Å²) in [4.78, 5) is 0. The van der Waals surface area contributed by atoms with Gasteiger partial charge in [-0.3, -0.25) is 0 Å². The van der Waals surface area contributed by atoms with Gasteiger partial charge in [-0.25, -0.2) is 0 Å². The summed E-state index contributed by atoms with van der Waals surface area (Å²) in [5.41, 5.74) is 14.8. The second-order valence-electron chi connectivity index (χ2n) is 13.9. The zero-order valence-corrected chi connectivity index (χ0v) is 35.5. The topological polar surface area (TPSA) is 0 Å². The SMILES string of the molecule is CCc1cc(C2=CC3=C(C=CC=CC3)[CH]2[Hf+2]([CH]2C(c3cc(CC)cc4ccccc34)=CC3=C2C=CC=CC3)=[Si](C)C)c2ccccc2c1.[Cl-].[Cl-]. The minimum absolute atomic E-state index is 0. The van der Waals surface area contributed by atoms with Gasteiger partial charge in [0.1, 0.15) is 0 Å². The van der Waals surface area contributed by atoms with E-state index >= 15 is 0 Å². The first-order chi connectivity index (χ1) is 23.6. The Labute approximate surface area is 318 Å². The van der Waals surface area contributed by atoms with Crippen molar-refractivity contribution in [3.63, 3.8) is 0 Å². The first kappa shape index (κ1) is 36.8. The molecule has 0 bridgehead atoms. The number of allylic oxidation sites excluding steroid dienone is 16. The number of rotatable bonds is 6. The summed E-state index contributed by atoms with van der Waals surface area (Å²) in [5, 5.41) is 5.58. The monoisotopic (exact) mass is 874 g/mol. The second-order valence-corrected chi connectivity index (χ2v) is 38.8. The zero-order chi connectivity index (χ0) is 32.8. The summed E-state index contributed by atoms with van der Waals surface area (Å²) < 4.78 is 1.07. The standard InChI is InChI=1S/2C22H19.C2H6Si.2ClH.Hf/c2*1-2-16-12-19-10-6-7-11-21(19)22(13-16)20-14-17-8-4-3-5-9-18(17)15-20;1-3-2;;;/h2*3-8,10-15H,2,9H2,1H3;1-2H3;2*1H;/q;;;;;+2/p-2. The maximum atomic E-state index is 2.68. The van der Waals surface area contributed by atoms with Crippen molar-refractivity contribution in [1.29, 1.82) is 0 Å². The van der Waals surface area contributed by atoms with Gasteiger partial charge >= 0.3 is 296 Å². The van der Waals surface area contributed by atoms with Crippen molar-refractivity contribution in [3.8, 4) is 0 Å². The van der Waals surface area contributed by atoms with Crippen LogP contribution >= 0.6 is 0 Å². The van der Waals surface area contributed by atoms with Gasteiger partial charge in [0, 0.05) is 0 Å². The molecule has 250 valence electrons. The van der Waals surface area contributed by atoms with Crippen molar-refractivity contribution in [2.45, 2.75) is 60.0 Å². The molecule has 0 nitrogen and oxygen atoms in total. The Bertz CT molecular complexity index is 2130. The Hall–Kier alpha value is -3.01. The molecular formula is C46H44Cl2HfSi. The quantitative estimate of drug-likeness (QED) is 0.190. The van der Waals surface area contributed by atoms with Crippen LogP contribution in [0.25, 0.3) is 32.7 Å². The summed E-state index contributed by atoms with van der Waals surface area (Å²) in [7, 11) is 0. The van der Waals surface area contributed by atoms with Crippen molar-refractivity contribution >= 4 is 38.2 Å². The number of aryl methyl sites for hydroxylation is 2. The van der Waals surface area contributed by atoms with E-state index in [-0.39, 0.29) is 24.8 Å². The predicted molar refractivity (Wildman–Crippen MR) is 207 cm³/mol. The van der Waals surface area contributed by atoms with E-state index in [9.17, 15) is 0 Å². The Morgan fingerprint density at radius 2 is 1.04 bits per heavy atom. The molecule has 4 aromatic rings. The number of halogens is 2. The molecule has 0 aromatic heterocycles. The minimum Gasteiger partial charge on any atom is -1.00 e. The van der Waals surface area contributed by atoms with Crippen LogP contribution in [0.1, 0.15) is 48.9 Å². The molecule has 4 heteroatoms. The molecule has 0 heterocycles. The third-order valence-electron chi connectivity index (χ3n) is 10.8. The molecule has 4 aromatic carbocycles. The Morgan fingerprint density at radius 3 is 1.46 bits per heavy atom. The number of fused-ring (bicyclic) bond motifs is 2. The van der Waals surface area contributed by atoms with Crippen LogP contribution in [0.15, 0.2) is 156 Å². The Kier molecular flexibility index (Phi) is 11.5. The van der Waals surface area contributed by atoms with Crippen molar-refractivity contribution in [1.82, 2.24) is 0 Å². The molecule has 0 saturated heterocycles. The van der Waals surface area contributed by atoms with Crippen molar-refractivity contribution in [2.24, 2.45) is 0 Å². The van der Waals surface area contributed by atoms with Crippen LogP contribution in [-0.2, 0) is 32.9 Å². The van der Waals surface area contributed by atoms with Crippen molar-refractivity contribution in [3.05, 3.63) is 178 Å². The molecule has 0 amide bonds. The molecule has 4 aliphatic carbocycles. The molecule has 0 radical (unpaired) electrons. The molecule has 0 N–H and O–H groups in total. The summed E-state index contributed by atoms with van der Waals surface area (Å²) >= 11 is -2.72. The molecule has 0 saturated carbocycles. The maximum absolute atomic E-state index is 2.72. The van der Waals surface area contributed by atoms with Crippen LogP contribution in [0.3, 0.4) is 0 Å². The first-order valence-corrected chi connectivity index (χ1v) is 29.9. The van der Waals surface area contributed by atoms with Gasteiger partial charge in [-0.2, -0.15) is 0 Å². The fourth-order valence-corrected chi connectivity index (χ4v) is 37.0. The summed E-state index contributed by atoms with van der Waals surface area (Å²) in [6, 6.07) is 28.2. The molecule has 0 fully saturated rings. The molecular weight excluding hydrogens is 830 g/mol. The van der Waals surface area contributed by atoms with Crippen LogP contribution in [0.5, 0.6) is 0 Å². The molecule has 2 unspecified atom stereocenters. The molecule has 50 heavy (non-hydrogen) atoms. The zero-order valence-electron chi connectivity index (χ0n) is 29.4. The molecule has 0 spiro atoms. The fraction of sp³-hybridized carbons (Fsp3) is 0.217. The van der Waals surface area contributed by atoms with E-state index < -0.39 is 25.6 Å². The third kappa shape index (κ3) is 6.58. The van der Waals surface area contributed by atoms with E-state index in [0.717, 1.165) is 25.7 Å². The average Bonchev–Trinajstić information content (AvgIpc) is 3.40. The first-order valence-electron chi connectivity index (χ1n) is 17.8. The van der Waals surface area contributed by atoms with Gasteiger partial charge in [-0.05, 0) is 0 Å². The van der Waals surface area contributed by atoms with Gasteiger partial charge in [0.15, 0.2) is 0 Å². The Morgan fingerprint density at radius 1 is 0.600 bits per heavy atom. The van der Waals surface area contributed by atoms with Gasteiger partial charge in [0.05, 0.1) is 0 Å². The van der Waals surface area contributed by atoms with E-state index in [0.29, 0.717) is 7.35 Å². The largest absolute Gasteiger partial charge is 1.00 e. The molecule has 4 aliphatic rings. The number of hydrogen-bond donors (Lipinski definition) is 0. The van der Waals surface area contributed by atoms with Crippen LogP contribution < -0.4 is 24.8 Å². The van der Waals surface area contributed by atoms with Crippen molar-refractivity contribution < 1.29 is 44.9 Å². The predicted octanol–water partition coefficient (Wildman–Crippen LogP) is 6.69. The van der Waals surface area contributed by atoms with E-state index in [1.165, 1.54) is 43.8 Å². The van der Waals surface area contributed by atoms with Gasteiger partial charge in [-0.15, -0.1) is 0 Å². The molecule has 2 atom stereocenters. The normalized spacial score (nSPS) is 18.9. The van der Waals surface area contributed by atoms with E-state index in [4.69, 9.17) is 0 Å². The molecule has 8 rings (SSSR count). The minimum atomic E-state index is -2.72. The summed E-state index contributed by atoms with van der Waals surface area (Å²) in [6.07, 6.45) is 28.4. The van der Waals surface area contributed by atoms with Crippen LogP contribution in [0.4, 0.5) is 0 Å². The maximum Gasteiger partial charge on any atom is -1.00 e. The van der Waals surface area contributed by atoms with Crippen LogP contribution in [-0.4, -0.2) is 5.49 Å². The van der Waals surface area contributed by atoms with E-state index in [1.54, 1.807) is 33.4 Å². The van der Waals surface area contributed by atoms with Crippen LogP contribution in [0.2, 0.25) is 20.4 Å². The summed E-state index contributed by atoms with van der Waals surface area (Å²) in [6.45, 7) is 9.97. The average molecular weight is 874 g/mol. The van der Waals surface area contributed by atoms with Gasteiger partial charge in [-0.1, -0.05) is 0 Å². The van der Waals surface area contributed by atoms with Gasteiger partial charge in [0.25, 0.3) is 0 Å². The Balaban J connectivity index is 0.00000216. The van der Waals surface area contributed by atoms with E-state index in [1.807, 2.05) is 0 Å². The van der Waals surface area contributed by atoms with Gasteiger partial charge < -0.3 is 24.8 Å². The van der Waals surface area contributed by atoms with Gasteiger partial charge in [0.2, 0.25) is 0 Å². The number of benzene rings is 4. The van der Waals surface area contributed by atoms with Crippen LogP contribution in [0, 0.1) is 0 Å². The second kappa shape index (κ2) is 15.7. The smallest absolute Gasteiger partial charge is 1.00 e. The summed E-state index contributed by atoms with van der Waals surface area (Å²) in [5.74, 6) is 0. The van der Waals surface area contributed by atoms with Crippen molar-refractivity contribution in [2.75, 3.05) is 0 Å². The third-order valence-corrected chi connectivity index (χ3v) is 38.1. The fourth-order valence-electron chi connectivity index (χ4n) is 8.55. The number of hydrogen-bond acceptors (Lipinski definition) is 0.